The van der Waals surface area contributed by atoms with Gasteiger partial charge in [0.15, 0.2) is 17.5 Å². The minimum atomic E-state index is 0.622. The molecule has 0 atom stereocenters. The van der Waals surface area contributed by atoms with Crippen LogP contribution in [-0.2, 0) is 0 Å². The molecule has 0 N–H and O–H groups in total. The molecule has 0 saturated heterocycles. The smallest absolute Gasteiger partial charge is 0.164 e. The van der Waals surface area contributed by atoms with Gasteiger partial charge in [-0.1, -0.05) is 127 Å². The minimum Gasteiger partial charge on any atom is -0.456 e. The van der Waals surface area contributed by atoms with E-state index in [-0.39, 0.29) is 0 Å². The number of benzene rings is 7. The van der Waals surface area contributed by atoms with Crippen LogP contribution in [0.4, 0.5) is 0 Å². The van der Waals surface area contributed by atoms with Crippen LogP contribution in [0.15, 0.2) is 180 Å². The van der Waals surface area contributed by atoms with Gasteiger partial charge in [0.2, 0.25) is 0 Å². The Morgan fingerprint density at radius 1 is 0.404 bits per heavy atom. The molecule has 0 saturated carbocycles. The molecule has 10 aromatic rings. The van der Waals surface area contributed by atoms with Gasteiger partial charge in [0, 0.05) is 38.7 Å². The molecule has 6 heteroatoms. The first kappa shape index (κ1) is 29.7. The average Bonchev–Trinajstić information content (AvgIpc) is 3.80. The fourth-order valence-corrected chi connectivity index (χ4v) is 7.00. The molecule has 244 valence electrons. The van der Waals surface area contributed by atoms with E-state index in [1.165, 1.54) is 0 Å². The highest BCUT2D eigenvalue weighted by Crippen LogP contribution is 2.39. The summed E-state index contributed by atoms with van der Waals surface area (Å²) in [6.07, 6.45) is 0. The zero-order chi connectivity index (χ0) is 34.4. The Labute approximate surface area is 299 Å². The number of hydrogen-bond acceptors (Lipinski definition) is 5. The summed E-state index contributed by atoms with van der Waals surface area (Å²) in [4.78, 5) is 19.8. The van der Waals surface area contributed by atoms with Crippen LogP contribution in [0.2, 0.25) is 0 Å². The number of para-hydroxylation sites is 3. The predicted molar refractivity (Wildman–Crippen MR) is 209 cm³/mol. The third-order valence-corrected chi connectivity index (χ3v) is 9.48. The average molecular weight is 668 g/mol. The number of imidazole rings is 1. The van der Waals surface area contributed by atoms with Crippen molar-refractivity contribution in [2.24, 2.45) is 0 Å². The lowest BCUT2D eigenvalue weighted by atomic mass is 9.97. The van der Waals surface area contributed by atoms with Gasteiger partial charge in [-0.25, -0.2) is 19.9 Å². The van der Waals surface area contributed by atoms with Gasteiger partial charge in [-0.15, -0.1) is 0 Å². The van der Waals surface area contributed by atoms with Gasteiger partial charge in [-0.05, 0) is 59.7 Å². The van der Waals surface area contributed by atoms with Gasteiger partial charge in [0.05, 0.1) is 11.0 Å². The maximum absolute atomic E-state index is 6.43. The van der Waals surface area contributed by atoms with Gasteiger partial charge < -0.3 is 4.42 Å². The Balaban J connectivity index is 1.09. The molecule has 0 aliphatic heterocycles. The van der Waals surface area contributed by atoms with Crippen molar-refractivity contribution in [1.82, 2.24) is 24.5 Å². The zero-order valence-corrected chi connectivity index (χ0v) is 27.9. The Morgan fingerprint density at radius 3 is 1.63 bits per heavy atom. The van der Waals surface area contributed by atoms with Crippen molar-refractivity contribution in [3.05, 3.63) is 176 Å². The summed E-state index contributed by atoms with van der Waals surface area (Å²) in [7, 11) is 0. The summed E-state index contributed by atoms with van der Waals surface area (Å²) in [6.45, 7) is 0. The van der Waals surface area contributed by atoms with Crippen LogP contribution in [0, 0.1) is 0 Å². The van der Waals surface area contributed by atoms with Gasteiger partial charge >= 0.3 is 0 Å². The highest BCUT2D eigenvalue weighted by molar-refractivity contribution is 6.13. The van der Waals surface area contributed by atoms with Crippen molar-refractivity contribution in [3.63, 3.8) is 0 Å². The highest BCUT2D eigenvalue weighted by atomic mass is 16.3. The number of fused-ring (bicyclic) bond motifs is 4. The third-order valence-electron chi connectivity index (χ3n) is 9.48. The van der Waals surface area contributed by atoms with E-state index < -0.39 is 0 Å². The molecular formula is C46H29N5O. The van der Waals surface area contributed by atoms with Gasteiger partial charge in [0.25, 0.3) is 0 Å². The molecule has 10 rings (SSSR count). The number of furan rings is 1. The van der Waals surface area contributed by atoms with E-state index in [4.69, 9.17) is 24.4 Å². The zero-order valence-electron chi connectivity index (χ0n) is 27.9. The molecular weight excluding hydrogens is 639 g/mol. The summed E-state index contributed by atoms with van der Waals surface area (Å²) >= 11 is 0. The topological polar surface area (TPSA) is 69.6 Å². The van der Waals surface area contributed by atoms with Crippen molar-refractivity contribution in [1.29, 1.82) is 0 Å². The molecule has 0 bridgehead atoms. The fraction of sp³-hybridized carbons (Fsp3) is 0. The lowest BCUT2D eigenvalue weighted by Gasteiger charge is -2.10. The third kappa shape index (κ3) is 5.13. The van der Waals surface area contributed by atoms with E-state index in [1.54, 1.807) is 0 Å². The van der Waals surface area contributed by atoms with Crippen LogP contribution in [0.1, 0.15) is 0 Å². The second-order valence-corrected chi connectivity index (χ2v) is 12.7. The molecule has 6 nitrogen and oxygen atoms in total. The lowest BCUT2D eigenvalue weighted by Crippen LogP contribution is -2.00. The number of rotatable bonds is 6. The first-order chi connectivity index (χ1) is 25.8. The molecule has 0 unspecified atom stereocenters. The molecule has 3 aromatic heterocycles. The summed E-state index contributed by atoms with van der Waals surface area (Å²) < 4.78 is 8.66. The summed E-state index contributed by atoms with van der Waals surface area (Å²) in [5.74, 6) is 2.78. The highest BCUT2D eigenvalue weighted by Gasteiger charge is 2.19. The Bertz CT molecular complexity index is 2820. The van der Waals surface area contributed by atoms with E-state index in [9.17, 15) is 0 Å². The minimum absolute atomic E-state index is 0.622. The number of nitrogens with zero attached hydrogens (tertiary/aromatic N) is 5. The number of hydrogen-bond donors (Lipinski definition) is 0. The molecule has 0 fully saturated rings. The van der Waals surface area contributed by atoms with Gasteiger partial charge in [0.1, 0.15) is 17.0 Å². The van der Waals surface area contributed by atoms with Crippen LogP contribution >= 0.6 is 0 Å². The van der Waals surface area contributed by atoms with Gasteiger partial charge in [-0.3, -0.25) is 4.57 Å². The van der Waals surface area contributed by atoms with Crippen molar-refractivity contribution in [2.45, 2.75) is 0 Å². The van der Waals surface area contributed by atoms with E-state index in [1.807, 2.05) is 84.9 Å². The first-order valence-corrected chi connectivity index (χ1v) is 17.2. The van der Waals surface area contributed by atoms with Crippen molar-refractivity contribution in [3.8, 4) is 62.4 Å². The van der Waals surface area contributed by atoms with Crippen molar-refractivity contribution < 1.29 is 4.42 Å². The molecule has 3 heterocycles. The molecule has 7 aromatic carbocycles. The second kappa shape index (κ2) is 12.3. The van der Waals surface area contributed by atoms with E-state index in [0.717, 1.165) is 77.9 Å². The summed E-state index contributed by atoms with van der Waals surface area (Å²) in [6, 6.07) is 59.8. The van der Waals surface area contributed by atoms with E-state index >= 15 is 0 Å². The Kier molecular flexibility index (Phi) is 7.03. The summed E-state index contributed by atoms with van der Waals surface area (Å²) in [5.41, 5.74) is 10.7. The van der Waals surface area contributed by atoms with Crippen molar-refractivity contribution >= 4 is 33.0 Å². The molecule has 0 spiro atoms. The van der Waals surface area contributed by atoms with Crippen LogP contribution in [0.25, 0.3) is 95.3 Å². The molecule has 0 amide bonds. The van der Waals surface area contributed by atoms with Crippen LogP contribution < -0.4 is 0 Å². The standard InChI is InChI=1S/C46H29N5O/c1-4-13-31(14-5-1)43-48-44(32-15-6-2-7-16-32)50-45(49-43)33-25-23-30(24-26-33)36-19-12-22-41-42(36)37-29-34(27-28-40(37)52-41)46-47-38-20-10-11-21-39(38)51(46)35-17-8-3-9-18-35/h1-29H. The van der Waals surface area contributed by atoms with Crippen molar-refractivity contribution in [2.75, 3.05) is 0 Å². The number of aromatic nitrogens is 5. The fourth-order valence-electron chi connectivity index (χ4n) is 7.00. The van der Waals surface area contributed by atoms with E-state index in [2.05, 4.69) is 95.6 Å². The molecule has 52 heavy (non-hydrogen) atoms. The van der Waals surface area contributed by atoms with Crippen LogP contribution in [0.5, 0.6) is 0 Å². The summed E-state index contributed by atoms with van der Waals surface area (Å²) in [5, 5.41) is 2.10. The maximum atomic E-state index is 6.43. The maximum Gasteiger partial charge on any atom is 0.164 e. The Hall–Kier alpha value is -7.18. The first-order valence-electron chi connectivity index (χ1n) is 17.2. The lowest BCUT2D eigenvalue weighted by molar-refractivity contribution is 0.669. The molecule has 0 aliphatic rings. The van der Waals surface area contributed by atoms with Crippen LogP contribution in [0.3, 0.4) is 0 Å². The molecule has 0 aliphatic carbocycles. The van der Waals surface area contributed by atoms with Crippen LogP contribution in [-0.4, -0.2) is 24.5 Å². The van der Waals surface area contributed by atoms with Gasteiger partial charge in [-0.2, -0.15) is 0 Å². The predicted octanol–water partition coefficient (Wildman–Crippen LogP) is 11.4. The Morgan fingerprint density at radius 2 is 0.962 bits per heavy atom. The normalized spacial score (nSPS) is 11.5. The van der Waals surface area contributed by atoms with E-state index in [0.29, 0.717) is 17.5 Å². The SMILES string of the molecule is c1ccc(-c2nc(-c3ccccc3)nc(-c3ccc(-c4cccc5oc6ccc(-c7nc8ccccc8n7-c7ccccc7)cc6c45)cc3)n2)cc1. The second-order valence-electron chi connectivity index (χ2n) is 12.7. The molecule has 0 radical (unpaired) electrons. The quantitative estimate of drug-likeness (QED) is 0.176. The monoisotopic (exact) mass is 667 g/mol. The largest absolute Gasteiger partial charge is 0.456 e.